The molecule has 2 N–H and O–H groups in total. The van der Waals surface area contributed by atoms with Crippen molar-refractivity contribution < 1.29 is 4.79 Å². The Morgan fingerprint density at radius 2 is 2.00 bits per heavy atom. The van der Waals surface area contributed by atoms with Crippen molar-refractivity contribution in [1.82, 2.24) is 15.2 Å². The average molecular weight is 342 g/mol. The molecule has 4 nitrogen and oxygen atoms in total. The van der Waals surface area contributed by atoms with Gasteiger partial charge in [0.15, 0.2) is 0 Å². The first kappa shape index (κ1) is 15.6. The van der Waals surface area contributed by atoms with Gasteiger partial charge in [-0.15, -0.1) is 0 Å². The minimum absolute atomic E-state index is 0.0267. The predicted molar refractivity (Wildman–Crippen MR) is 84.9 cm³/mol. The molecule has 0 atom stereocenters. The van der Waals surface area contributed by atoms with E-state index < -0.39 is 0 Å². The van der Waals surface area contributed by atoms with E-state index in [0.717, 1.165) is 23.9 Å². The molecule has 1 aliphatic rings. The van der Waals surface area contributed by atoms with Gasteiger partial charge >= 0.3 is 0 Å². The second kappa shape index (κ2) is 6.76. The topological polar surface area (TPSA) is 48.1 Å². The molecule has 1 aromatic rings. The summed E-state index contributed by atoms with van der Waals surface area (Å²) in [6, 6.07) is 1.81. The van der Waals surface area contributed by atoms with E-state index in [2.05, 4.69) is 45.2 Å². The Bertz CT molecular complexity index is 448. The van der Waals surface area contributed by atoms with Crippen LogP contribution in [0.2, 0.25) is 0 Å². The minimum Gasteiger partial charge on any atom is -0.356 e. The molecule has 112 valence electrons. The zero-order valence-electron chi connectivity index (χ0n) is 12.3. The van der Waals surface area contributed by atoms with Crippen LogP contribution in [0.1, 0.15) is 49.0 Å². The highest BCUT2D eigenvalue weighted by Gasteiger charge is 2.33. The molecule has 1 fully saturated rings. The van der Waals surface area contributed by atoms with Crippen LogP contribution in [0.3, 0.4) is 0 Å². The molecule has 20 heavy (non-hydrogen) atoms. The number of carbonyl (C=O) groups is 1. The van der Waals surface area contributed by atoms with Crippen LogP contribution < -0.4 is 5.32 Å². The van der Waals surface area contributed by atoms with E-state index in [1.807, 2.05) is 6.07 Å². The first-order chi connectivity index (χ1) is 9.53. The predicted octanol–water partition coefficient (Wildman–Crippen LogP) is 3.16. The van der Waals surface area contributed by atoms with Crippen molar-refractivity contribution in [2.45, 2.75) is 44.1 Å². The molecule has 0 saturated heterocycles. The maximum atomic E-state index is 12.2. The third-order valence-corrected chi connectivity index (χ3v) is 4.91. The average Bonchev–Trinajstić information content (AvgIpc) is 2.71. The molecule has 5 heteroatoms. The molecule has 0 spiro atoms. The van der Waals surface area contributed by atoms with E-state index in [0.29, 0.717) is 5.69 Å². The molecule has 1 saturated carbocycles. The van der Waals surface area contributed by atoms with Crippen LogP contribution in [-0.4, -0.2) is 42.0 Å². The fourth-order valence-corrected chi connectivity index (χ4v) is 3.35. The standard InChI is InChI=1S/C15H24BrN3O/c1-19(2)15(7-5-3-4-6-8-15)11-18-14(20)13-9-12(16)10-17-13/h9-10,17H,3-8,11H2,1-2H3,(H,18,20). The van der Waals surface area contributed by atoms with Crippen molar-refractivity contribution in [3.8, 4) is 0 Å². The monoisotopic (exact) mass is 341 g/mol. The second-order valence-corrected chi connectivity index (χ2v) is 6.86. The second-order valence-electron chi connectivity index (χ2n) is 5.95. The van der Waals surface area contributed by atoms with Crippen LogP contribution in [0.25, 0.3) is 0 Å². The summed E-state index contributed by atoms with van der Waals surface area (Å²) in [5.74, 6) is -0.0267. The Balaban J connectivity index is 2.00. The van der Waals surface area contributed by atoms with Gasteiger partial charge < -0.3 is 15.2 Å². The zero-order valence-corrected chi connectivity index (χ0v) is 13.9. The number of hydrogen-bond acceptors (Lipinski definition) is 2. The molecule has 0 bridgehead atoms. The SMILES string of the molecule is CN(C)C1(CNC(=O)c2cc(Br)c[nH]2)CCCCCC1. The molecule has 1 aliphatic carbocycles. The number of amides is 1. The number of hydrogen-bond donors (Lipinski definition) is 2. The number of rotatable bonds is 4. The summed E-state index contributed by atoms with van der Waals surface area (Å²) < 4.78 is 0.902. The van der Waals surface area contributed by atoms with Crippen molar-refractivity contribution in [3.63, 3.8) is 0 Å². The van der Waals surface area contributed by atoms with Gasteiger partial charge in [0.1, 0.15) is 5.69 Å². The van der Waals surface area contributed by atoms with Gasteiger partial charge in [0.25, 0.3) is 5.91 Å². The van der Waals surface area contributed by atoms with Gasteiger partial charge in [0, 0.05) is 22.8 Å². The van der Waals surface area contributed by atoms with Crippen LogP contribution in [0.15, 0.2) is 16.7 Å². The Labute approximate surface area is 129 Å². The van der Waals surface area contributed by atoms with Crippen LogP contribution in [0, 0.1) is 0 Å². The van der Waals surface area contributed by atoms with Crippen molar-refractivity contribution in [1.29, 1.82) is 0 Å². The number of H-pyrrole nitrogens is 1. The molecular weight excluding hydrogens is 318 g/mol. The zero-order chi connectivity index (χ0) is 14.6. The summed E-state index contributed by atoms with van der Waals surface area (Å²) >= 11 is 3.35. The molecule has 0 radical (unpaired) electrons. The minimum atomic E-state index is -0.0267. The van der Waals surface area contributed by atoms with Gasteiger partial charge in [-0.3, -0.25) is 4.79 Å². The normalized spacial score (nSPS) is 18.8. The highest BCUT2D eigenvalue weighted by Crippen LogP contribution is 2.30. The number of likely N-dealkylation sites (N-methyl/N-ethyl adjacent to an activating group) is 1. The summed E-state index contributed by atoms with van der Waals surface area (Å²) in [5.41, 5.74) is 0.718. The lowest BCUT2D eigenvalue weighted by Gasteiger charge is -2.39. The Kier molecular flexibility index (Phi) is 5.27. The third kappa shape index (κ3) is 3.64. The summed E-state index contributed by atoms with van der Waals surface area (Å²) in [4.78, 5) is 17.4. The van der Waals surface area contributed by atoms with E-state index in [1.54, 1.807) is 6.20 Å². The summed E-state index contributed by atoms with van der Waals surface area (Å²) in [5, 5.41) is 3.10. The van der Waals surface area contributed by atoms with E-state index in [4.69, 9.17) is 0 Å². The smallest absolute Gasteiger partial charge is 0.267 e. The van der Waals surface area contributed by atoms with Crippen LogP contribution in [-0.2, 0) is 0 Å². The maximum Gasteiger partial charge on any atom is 0.267 e. The highest BCUT2D eigenvalue weighted by molar-refractivity contribution is 9.10. The van der Waals surface area contributed by atoms with Crippen molar-refractivity contribution in [3.05, 3.63) is 22.4 Å². The van der Waals surface area contributed by atoms with Gasteiger partial charge in [-0.25, -0.2) is 0 Å². The molecule has 0 unspecified atom stereocenters. The van der Waals surface area contributed by atoms with E-state index in [1.165, 1.54) is 25.7 Å². The van der Waals surface area contributed by atoms with Gasteiger partial charge in [-0.05, 0) is 48.9 Å². The number of carbonyl (C=O) groups excluding carboxylic acids is 1. The number of nitrogens with zero attached hydrogens (tertiary/aromatic N) is 1. The highest BCUT2D eigenvalue weighted by atomic mass is 79.9. The molecular formula is C15H24BrN3O. The first-order valence-electron chi connectivity index (χ1n) is 7.33. The molecule has 1 amide bonds. The molecule has 2 rings (SSSR count). The summed E-state index contributed by atoms with van der Waals surface area (Å²) in [6.07, 6.45) is 9.23. The number of nitrogens with one attached hydrogen (secondary N) is 2. The van der Waals surface area contributed by atoms with Crippen molar-refractivity contribution in [2.24, 2.45) is 0 Å². The van der Waals surface area contributed by atoms with Gasteiger partial charge in [-0.1, -0.05) is 25.7 Å². The maximum absolute atomic E-state index is 12.2. The fourth-order valence-electron chi connectivity index (χ4n) is 3.01. The molecule has 1 heterocycles. The third-order valence-electron chi connectivity index (χ3n) is 4.45. The van der Waals surface area contributed by atoms with E-state index >= 15 is 0 Å². The summed E-state index contributed by atoms with van der Waals surface area (Å²) in [6.45, 7) is 0.718. The van der Waals surface area contributed by atoms with Crippen LogP contribution in [0.4, 0.5) is 0 Å². The largest absolute Gasteiger partial charge is 0.356 e. The quantitative estimate of drug-likeness (QED) is 0.826. The lowest BCUT2D eigenvalue weighted by Crippen LogP contribution is -2.52. The Morgan fingerprint density at radius 1 is 1.35 bits per heavy atom. The van der Waals surface area contributed by atoms with Crippen molar-refractivity contribution >= 4 is 21.8 Å². The Morgan fingerprint density at radius 3 is 2.50 bits per heavy atom. The van der Waals surface area contributed by atoms with Gasteiger partial charge in [0.2, 0.25) is 0 Å². The Hall–Kier alpha value is -0.810. The molecule has 0 aliphatic heterocycles. The number of aromatic nitrogens is 1. The lowest BCUT2D eigenvalue weighted by molar-refractivity contribution is 0.0865. The van der Waals surface area contributed by atoms with Gasteiger partial charge in [-0.2, -0.15) is 0 Å². The van der Waals surface area contributed by atoms with E-state index in [9.17, 15) is 4.79 Å². The summed E-state index contributed by atoms with van der Waals surface area (Å²) in [7, 11) is 4.26. The van der Waals surface area contributed by atoms with Crippen LogP contribution >= 0.6 is 15.9 Å². The fraction of sp³-hybridized carbons (Fsp3) is 0.667. The number of halogens is 1. The molecule has 1 aromatic heterocycles. The first-order valence-corrected chi connectivity index (χ1v) is 8.12. The van der Waals surface area contributed by atoms with Crippen molar-refractivity contribution in [2.75, 3.05) is 20.6 Å². The van der Waals surface area contributed by atoms with E-state index in [-0.39, 0.29) is 11.4 Å². The lowest BCUT2D eigenvalue weighted by atomic mass is 9.88. The molecule has 0 aromatic carbocycles. The van der Waals surface area contributed by atoms with Crippen LogP contribution in [0.5, 0.6) is 0 Å². The van der Waals surface area contributed by atoms with Gasteiger partial charge in [0.05, 0.1) is 0 Å². The number of aromatic amines is 1.